The van der Waals surface area contributed by atoms with Crippen LogP contribution in [0, 0.1) is 0 Å². The van der Waals surface area contributed by atoms with Crippen molar-refractivity contribution in [2.24, 2.45) is 0 Å². The van der Waals surface area contributed by atoms with Crippen LogP contribution in [-0.4, -0.2) is 7.48 Å². The Morgan fingerprint density at radius 3 is 2.20 bits per heavy atom. The van der Waals surface area contributed by atoms with E-state index in [0.29, 0.717) is 0 Å². The van der Waals surface area contributed by atoms with E-state index < -0.39 is 0 Å². The van der Waals surface area contributed by atoms with Gasteiger partial charge in [-0.05, 0) is 12.8 Å². The number of halogens is 2. The summed E-state index contributed by atoms with van der Waals surface area (Å²) in [4.78, 5) is 0. The van der Waals surface area contributed by atoms with E-state index in [4.69, 9.17) is 0 Å². The summed E-state index contributed by atoms with van der Waals surface area (Å²) in [5, 5.41) is 0. The minimum Gasteiger partial charge on any atom is -0.234 e. The van der Waals surface area contributed by atoms with Gasteiger partial charge >= 0.3 is 0 Å². The summed E-state index contributed by atoms with van der Waals surface area (Å²) in [5.74, 6) is 0. The van der Waals surface area contributed by atoms with E-state index in [0.717, 1.165) is 6.04 Å². The van der Waals surface area contributed by atoms with Gasteiger partial charge in [-0.15, -0.1) is 1.44 Å². The smallest absolute Gasteiger partial charge is 0.0488 e. The zero-order chi connectivity index (χ0) is 7.40. The topological polar surface area (TPSA) is 15.3 Å². The molecule has 0 aromatic heterocycles. The van der Waals surface area contributed by atoms with Gasteiger partial charge in [0.2, 0.25) is 0 Å². The molecule has 0 aliphatic heterocycles. The molecule has 0 radical (unpaired) electrons. The number of hydrogen-bond acceptors (Lipinski definition) is 2. The van der Waals surface area contributed by atoms with Crippen molar-refractivity contribution in [2.75, 3.05) is 0 Å². The van der Waals surface area contributed by atoms with Gasteiger partial charge in [0, 0.05) is 51.8 Å². The van der Waals surface area contributed by atoms with E-state index in [1.54, 1.807) is 0 Å². The number of nitrogens with zero attached hydrogens (tertiary/aromatic N) is 1. The number of hydrazine groups is 1. The molecule has 4 heteroatoms. The fraction of sp³-hybridized carbons (Fsp3) is 1.00. The number of hydrogen-bond donors (Lipinski definition) is 1. The summed E-state index contributed by atoms with van der Waals surface area (Å²) in [6.45, 7) is 0. The molecular weight excluding hydrogens is 354 g/mol. The lowest BCUT2D eigenvalue weighted by molar-refractivity contribution is 0.341. The second-order valence-corrected chi connectivity index (χ2v) is 6.47. The first-order valence-electron chi connectivity index (χ1n) is 3.67. The van der Waals surface area contributed by atoms with Crippen molar-refractivity contribution >= 4 is 45.7 Å². The minimum absolute atomic E-state index is 0.738. The molecule has 0 saturated heterocycles. The van der Waals surface area contributed by atoms with Gasteiger partial charge in [0.25, 0.3) is 0 Å². The van der Waals surface area contributed by atoms with Crippen molar-refractivity contribution in [3.05, 3.63) is 0 Å². The molecule has 0 bridgehead atoms. The molecule has 0 heterocycles. The summed E-state index contributed by atoms with van der Waals surface area (Å²) in [7, 11) is 0. The Hall–Kier alpha value is 1.38. The lowest BCUT2D eigenvalue weighted by atomic mass is 9.96. The molecule has 10 heavy (non-hydrogen) atoms. The minimum atomic E-state index is 0.738. The van der Waals surface area contributed by atoms with Gasteiger partial charge in [-0.2, -0.15) is 0 Å². The summed E-state index contributed by atoms with van der Waals surface area (Å²) in [5.41, 5.74) is 3.39. The quantitative estimate of drug-likeness (QED) is 0.460. The first-order valence-corrected chi connectivity index (χ1v) is 5.60. The number of rotatable bonds is 2. The van der Waals surface area contributed by atoms with Crippen molar-refractivity contribution < 1.29 is 0 Å². The molecule has 1 N–H and O–H groups in total. The van der Waals surface area contributed by atoms with E-state index >= 15 is 0 Å². The fourth-order valence-corrected chi connectivity index (χ4v) is 2.16. The Morgan fingerprint density at radius 1 is 1.10 bits per heavy atom. The summed E-state index contributed by atoms with van der Waals surface area (Å²) in [6, 6.07) is 0.738. The summed E-state index contributed by atoms with van der Waals surface area (Å²) in [6.07, 6.45) is 6.93. The molecule has 1 fully saturated rings. The normalized spacial score (nSPS) is 21.9. The van der Waals surface area contributed by atoms with Crippen LogP contribution in [0.15, 0.2) is 0 Å². The Kier molecular flexibility index (Phi) is 4.83. The second-order valence-electron chi connectivity index (χ2n) is 2.70. The molecule has 0 atom stereocenters. The van der Waals surface area contributed by atoms with Crippen molar-refractivity contribution in [2.45, 2.75) is 38.1 Å². The van der Waals surface area contributed by atoms with Crippen molar-refractivity contribution in [1.82, 2.24) is 6.86 Å². The molecule has 1 rings (SSSR count). The SMILES string of the molecule is IN(I)NC1CCCCC1. The Morgan fingerprint density at radius 2 is 1.70 bits per heavy atom. The van der Waals surface area contributed by atoms with Gasteiger partial charge in [0.15, 0.2) is 0 Å². The molecule has 0 aromatic rings. The molecule has 1 saturated carbocycles. The van der Waals surface area contributed by atoms with Gasteiger partial charge in [-0.1, -0.05) is 19.3 Å². The van der Waals surface area contributed by atoms with Crippen LogP contribution >= 0.6 is 45.7 Å². The highest BCUT2D eigenvalue weighted by Crippen LogP contribution is 2.19. The van der Waals surface area contributed by atoms with E-state index in [1.165, 1.54) is 32.1 Å². The van der Waals surface area contributed by atoms with Crippen LogP contribution in [0.5, 0.6) is 0 Å². The zero-order valence-electron chi connectivity index (χ0n) is 5.82. The molecular formula is C6H12I2N2. The average molecular weight is 366 g/mol. The third-order valence-electron chi connectivity index (χ3n) is 1.89. The monoisotopic (exact) mass is 366 g/mol. The van der Waals surface area contributed by atoms with Crippen molar-refractivity contribution in [1.29, 1.82) is 0 Å². The highest BCUT2D eigenvalue weighted by molar-refractivity contribution is 14.2. The molecule has 1 aliphatic rings. The summed E-state index contributed by atoms with van der Waals surface area (Å²) >= 11 is 4.51. The Labute approximate surface area is 90.1 Å². The van der Waals surface area contributed by atoms with Crippen LogP contribution in [0.4, 0.5) is 0 Å². The van der Waals surface area contributed by atoms with Gasteiger partial charge in [0.05, 0.1) is 0 Å². The Balaban J connectivity index is 2.13. The lowest BCUT2D eigenvalue weighted by Gasteiger charge is -2.23. The van der Waals surface area contributed by atoms with Crippen LogP contribution < -0.4 is 5.43 Å². The maximum Gasteiger partial charge on any atom is 0.0488 e. The summed E-state index contributed by atoms with van der Waals surface area (Å²) < 4.78 is 2.01. The van der Waals surface area contributed by atoms with E-state index in [9.17, 15) is 0 Å². The fourth-order valence-electron chi connectivity index (χ4n) is 1.37. The molecule has 0 amide bonds. The lowest BCUT2D eigenvalue weighted by Crippen LogP contribution is -2.34. The predicted molar refractivity (Wildman–Crippen MR) is 59.9 cm³/mol. The van der Waals surface area contributed by atoms with E-state index in [-0.39, 0.29) is 0 Å². The van der Waals surface area contributed by atoms with Crippen LogP contribution in [-0.2, 0) is 0 Å². The van der Waals surface area contributed by atoms with Crippen LogP contribution in [0.2, 0.25) is 0 Å². The van der Waals surface area contributed by atoms with Crippen LogP contribution in [0.3, 0.4) is 0 Å². The standard InChI is InChI=1S/C6H12I2N2/c7-10(8)9-6-4-2-1-3-5-6/h6,9H,1-5H2. The molecule has 0 unspecified atom stereocenters. The van der Waals surface area contributed by atoms with Gasteiger partial charge in [0.1, 0.15) is 0 Å². The predicted octanol–water partition coefficient (Wildman–Crippen LogP) is 2.83. The first kappa shape index (κ1) is 9.47. The largest absolute Gasteiger partial charge is 0.234 e. The third kappa shape index (κ3) is 3.68. The van der Waals surface area contributed by atoms with Crippen LogP contribution in [0.1, 0.15) is 32.1 Å². The maximum absolute atomic E-state index is 3.39. The molecule has 1 aliphatic carbocycles. The van der Waals surface area contributed by atoms with Gasteiger partial charge < -0.3 is 0 Å². The average Bonchev–Trinajstić information content (AvgIpc) is 1.88. The second kappa shape index (κ2) is 5.10. The highest BCUT2D eigenvalue weighted by Gasteiger charge is 2.13. The van der Waals surface area contributed by atoms with E-state index in [2.05, 4.69) is 51.2 Å². The third-order valence-corrected chi connectivity index (χ3v) is 2.44. The van der Waals surface area contributed by atoms with Crippen molar-refractivity contribution in [3.63, 3.8) is 0 Å². The highest BCUT2D eigenvalue weighted by atomic mass is 127. The van der Waals surface area contributed by atoms with Gasteiger partial charge in [-0.3, -0.25) is 0 Å². The molecule has 0 spiro atoms. The molecule has 2 nitrogen and oxygen atoms in total. The maximum atomic E-state index is 3.39. The van der Waals surface area contributed by atoms with E-state index in [1.807, 2.05) is 1.44 Å². The van der Waals surface area contributed by atoms with Gasteiger partial charge in [-0.25, -0.2) is 5.43 Å². The number of nitrogens with one attached hydrogen (secondary N) is 1. The zero-order valence-corrected chi connectivity index (χ0v) is 10.1. The van der Waals surface area contributed by atoms with Crippen molar-refractivity contribution in [3.8, 4) is 0 Å². The molecule has 60 valence electrons. The van der Waals surface area contributed by atoms with Crippen LogP contribution in [0.25, 0.3) is 0 Å². The first-order chi connectivity index (χ1) is 4.79. The molecule has 0 aromatic carbocycles. The Bertz CT molecular complexity index is 91.7.